The van der Waals surface area contributed by atoms with E-state index in [0.717, 1.165) is 19.3 Å². The quantitative estimate of drug-likeness (QED) is 0.664. The smallest absolute Gasteiger partial charge is 0.337 e. The summed E-state index contributed by atoms with van der Waals surface area (Å²) < 4.78 is 0. The number of nitrogens with one attached hydrogen (secondary N) is 2. The van der Waals surface area contributed by atoms with Crippen LogP contribution >= 0.6 is 0 Å². The molecular weight excluding hydrogens is 262 g/mol. The molecule has 20 heavy (non-hydrogen) atoms. The maximum atomic E-state index is 11.8. The zero-order valence-electron chi connectivity index (χ0n) is 10.9. The second-order valence-corrected chi connectivity index (χ2v) is 4.82. The third-order valence-electron chi connectivity index (χ3n) is 3.29. The highest BCUT2D eigenvalue weighted by Gasteiger charge is 2.24. The van der Waals surface area contributed by atoms with Crippen LogP contribution in [0.15, 0.2) is 18.5 Å². The van der Waals surface area contributed by atoms with Gasteiger partial charge in [0.2, 0.25) is 0 Å². The van der Waals surface area contributed by atoms with Crippen molar-refractivity contribution in [2.75, 3.05) is 5.32 Å². The SMILES string of the molecule is O=C(Nc1cncc(C(=O)O)c1)NC1CCCCC1O. The number of pyridine rings is 1. The molecule has 1 aromatic rings. The number of carbonyl (C=O) groups is 2. The second kappa shape index (κ2) is 6.33. The Morgan fingerprint density at radius 2 is 2.00 bits per heavy atom. The van der Waals surface area contributed by atoms with Gasteiger partial charge >= 0.3 is 12.0 Å². The highest BCUT2D eigenvalue weighted by Crippen LogP contribution is 2.18. The van der Waals surface area contributed by atoms with E-state index < -0.39 is 18.1 Å². The van der Waals surface area contributed by atoms with Crippen molar-refractivity contribution in [2.24, 2.45) is 0 Å². The molecule has 0 aliphatic heterocycles. The number of carboxylic acids is 1. The maximum absolute atomic E-state index is 11.8. The van der Waals surface area contributed by atoms with Crippen LogP contribution in [0.2, 0.25) is 0 Å². The zero-order chi connectivity index (χ0) is 14.5. The molecule has 0 aromatic carbocycles. The molecule has 1 fully saturated rings. The summed E-state index contributed by atoms with van der Waals surface area (Å²) in [6, 6.07) is 0.589. The van der Waals surface area contributed by atoms with E-state index in [9.17, 15) is 14.7 Å². The van der Waals surface area contributed by atoms with Gasteiger partial charge in [0.1, 0.15) is 0 Å². The number of carboxylic acid groups (broad SMARTS) is 1. The van der Waals surface area contributed by atoms with Crippen LogP contribution in [0.25, 0.3) is 0 Å². The summed E-state index contributed by atoms with van der Waals surface area (Å²) >= 11 is 0. The standard InChI is InChI=1S/C13H17N3O4/c17-11-4-2-1-3-10(11)16-13(20)15-9-5-8(12(18)19)6-14-7-9/h5-7,10-11,17H,1-4H2,(H,18,19)(H2,15,16,20). The third-order valence-corrected chi connectivity index (χ3v) is 3.29. The molecule has 7 heteroatoms. The van der Waals surface area contributed by atoms with Gasteiger partial charge in [-0.3, -0.25) is 4.98 Å². The van der Waals surface area contributed by atoms with Crippen LogP contribution in [-0.4, -0.2) is 39.3 Å². The molecule has 0 bridgehead atoms. The predicted molar refractivity (Wildman–Crippen MR) is 71.6 cm³/mol. The Balaban J connectivity index is 1.94. The third kappa shape index (κ3) is 3.67. The topological polar surface area (TPSA) is 112 Å². The fraction of sp³-hybridized carbons (Fsp3) is 0.462. The summed E-state index contributed by atoms with van der Waals surface area (Å²) in [7, 11) is 0. The number of carbonyl (C=O) groups excluding carboxylic acids is 1. The van der Waals surface area contributed by atoms with Crippen molar-refractivity contribution >= 4 is 17.7 Å². The van der Waals surface area contributed by atoms with Gasteiger partial charge in [0.05, 0.1) is 29.6 Å². The van der Waals surface area contributed by atoms with E-state index >= 15 is 0 Å². The molecule has 0 spiro atoms. The van der Waals surface area contributed by atoms with E-state index in [-0.39, 0.29) is 11.6 Å². The summed E-state index contributed by atoms with van der Waals surface area (Å²) in [5.74, 6) is -1.11. The van der Waals surface area contributed by atoms with Crippen LogP contribution in [0.1, 0.15) is 36.0 Å². The molecule has 2 unspecified atom stereocenters. The van der Waals surface area contributed by atoms with Crippen LogP contribution in [-0.2, 0) is 0 Å². The zero-order valence-corrected chi connectivity index (χ0v) is 10.9. The molecule has 0 saturated heterocycles. The predicted octanol–water partition coefficient (Wildman–Crippen LogP) is 1.20. The van der Waals surface area contributed by atoms with E-state index in [1.165, 1.54) is 18.5 Å². The molecule has 2 atom stereocenters. The fourth-order valence-corrected chi connectivity index (χ4v) is 2.24. The highest BCUT2D eigenvalue weighted by molar-refractivity contribution is 5.92. The van der Waals surface area contributed by atoms with Crippen molar-refractivity contribution in [1.29, 1.82) is 0 Å². The Morgan fingerprint density at radius 1 is 1.25 bits per heavy atom. The van der Waals surface area contributed by atoms with Gasteiger partial charge in [-0.15, -0.1) is 0 Å². The van der Waals surface area contributed by atoms with E-state index in [1.54, 1.807) is 0 Å². The summed E-state index contributed by atoms with van der Waals surface area (Å²) in [6.07, 6.45) is 5.39. The van der Waals surface area contributed by atoms with Crippen molar-refractivity contribution in [3.8, 4) is 0 Å². The van der Waals surface area contributed by atoms with Gasteiger partial charge in [-0.05, 0) is 18.9 Å². The normalized spacial score (nSPS) is 22.1. The second-order valence-electron chi connectivity index (χ2n) is 4.82. The molecule has 2 rings (SSSR count). The molecule has 2 amide bonds. The van der Waals surface area contributed by atoms with Gasteiger partial charge in [-0.1, -0.05) is 12.8 Å². The Labute approximate surface area is 116 Å². The lowest BCUT2D eigenvalue weighted by molar-refractivity contribution is 0.0696. The number of anilines is 1. The Hall–Kier alpha value is -2.15. The lowest BCUT2D eigenvalue weighted by atomic mass is 9.93. The molecular formula is C13H17N3O4. The number of aliphatic hydroxyl groups is 1. The number of urea groups is 1. The number of hydrogen-bond donors (Lipinski definition) is 4. The van der Waals surface area contributed by atoms with Gasteiger partial charge in [0.15, 0.2) is 0 Å². The molecule has 7 nitrogen and oxygen atoms in total. The lowest BCUT2D eigenvalue weighted by Gasteiger charge is -2.28. The summed E-state index contributed by atoms with van der Waals surface area (Å²) in [5.41, 5.74) is 0.299. The molecule has 1 saturated carbocycles. The number of rotatable bonds is 3. The molecule has 1 aliphatic rings. The minimum absolute atomic E-state index is 0.000464. The molecule has 1 aliphatic carbocycles. The Bertz CT molecular complexity index is 506. The largest absolute Gasteiger partial charge is 0.478 e. The van der Waals surface area contributed by atoms with Gasteiger partial charge in [-0.25, -0.2) is 9.59 Å². The van der Waals surface area contributed by atoms with Gasteiger partial charge in [0.25, 0.3) is 0 Å². The van der Waals surface area contributed by atoms with Gasteiger partial charge in [-0.2, -0.15) is 0 Å². The van der Waals surface area contributed by atoms with E-state index in [2.05, 4.69) is 15.6 Å². The Morgan fingerprint density at radius 3 is 2.70 bits per heavy atom. The fourth-order valence-electron chi connectivity index (χ4n) is 2.24. The average molecular weight is 279 g/mol. The molecule has 108 valence electrons. The number of amides is 2. The number of aromatic carboxylic acids is 1. The number of nitrogens with zero attached hydrogens (tertiary/aromatic N) is 1. The summed E-state index contributed by atoms with van der Waals surface area (Å²) in [5, 5.41) is 23.8. The van der Waals surface area contributed by atoms with Crippen molar-refractivity contribution in [3.63, 3.8) is 0 Å². The average Bonchev–Trinajstić information content (AvgIpc) is 2.41. The van der Waals surface area contributed by atoms with E-state index in [0.29, 0.717) is 12.1 Å². The maximum Gasteiger partial charge on any atom is 0.337 e. The van der Waals surface area contributed by atoms with Crippen LogP contribution in [0, 0.1) is 0 Å². The van der Waals surface area contributed by atoms with Gasteiger partial charge < -0.3 is 20.8 Å². The first-order valence-electron chi connectivity index (χ1n) is 6.50. The summed E-state index contributed by atoms with van der Waals surface area (Å²) in [4.78, 5) is 26.3. The minimum Gasteiger partial charge on any atom is -0.478 e. The lowest BCUT2D eigenvalue weighted by Crippen LogP contribution is -2.46. The van der Waals surface area contributed by atoms with Crippen molar-refractivity contribution < 1.29 is 19.8 Å². The molecule has 0 radical (unpaired) electrons. The van der Waals surface area contributed by atoms with Crippen molar-refractivity contribution in [1.82, 2.24) is 10.3 Å². The first-order valence-corrected chi connectivity index (χ1v) is 6.50. The van der Waals surface area contributed by atoms with Crippen molar-refractivity contribution in [3.05, 3.63) is 24.0 Å². The van der Waals surface area contributed by atoms with Crippen molar-refractivity contribution in [2.45, 2.75) is 37.8 Å². The number of aliphatic hydroxyl groups excluding tert-OH is 1. The summed E-state index contributed by atoms with van der Waals surface area (Å²) in [6.45, 7) is 0. The number of hydrogen-bond acceptors (Lipinski definition) is 4. The van der Waals surface area contributed by atoms with Gasteiger partial charge in [0, 0.05) is 6.20 Å². The first kappa shape index (κ1) is 14.3. The highest BCUT2D eigenvalue weighted by atomic mass is 16.4. The molecule has 4 N–H and O–H groups in total. The van der Waals surface area contributed by atoms with E-state index in [1.807, 2.05) is 0 Å². The number of aromatic nitrogens is 1. The van der Waals surface area contributed by atoms with Crippen LogP contribution in [0.3, 0.4) is 0 Å². The molecule has 1 heterocycles. The monoisotopic (exact) mass is 279 g/mol. The van der Waals surface area contributed by atoms with Crippen LogP contribution in [0.5, 0.6) is 0 Å². The first-order chi connectivity index (χ1) is 9.56. The van der Waals surface area contributed by atoms with Crippen LogP contribution < -0.4 is 10.6 Å². The Kier molecular flexibility index (Phi) is 4.52. The molecule has 1 aromatic heterocycles. The van der Waals surface area contributed by atoms with E-state index in [4.69, 9.17) is 5.11 Å². The van der Waals surface area contributed by atoms with Crippen LogP contribution in [0.4, 0.5) is 10.5 Å². The minimum atomic E-state index is -1.11.